The van der Waals surface area contributed by atoms with E-state index in [1.165, 1.54) is 44.2 Å². The zero-order chi connectivity index (χ0) is 31.6. The number of furan rings is 1. The molecule has 0 saturated heterocycles. The smallest absolute Gasteiger partial charge is 0.159 e. The Morgan fingerprint density at radius 2 is 1.38 bits per heavy atom. The molecule has 1 aliphatic carbocycles. The molecule has 1 aliphatic heterocycles. The number of fused-ring (bicyclic) bond motifs is 7. The van der Waals surface area contributed by atoms with Crippen molar-refractivity contribution < 1.29 is 4.42 Å². The summed E-state index contributed by atoms with van der Waals surface area (Å²) < 4.78 is 9.25. The molecule has 228 valence electrons. The van der Waals surface area contributed by atoms with Crippen molar-refractivity contribution in [2.75, 3.05) is 0 Å². The first-order chi connectivity index (χ1) is 23.8. The fourth-order valence-electron chi connectivity index (χ4n) is 7.95. The number of rotatable bonds is 4. The lowest BCUT2D eigenvalue weighted by atomic mass is 9.82. The molecule has 0 N–H and O–H groups in total. The number of nitrogens with zero attached hydrogens (tertiary/aromatic N) is 2. The number of para-hydroxylation sites is 2. The summed E-state index contributed by atoms with van der Waals surface area (Å²) in [6, 6.07) is 50.1. The minimum absolute atomic E-state index is 0.0379. The van der Waals surface area contributed by atoms with Crippen molar-refractivity contribution in [3.05, 3.63) is 186 Å². The van der Waals surface area contributed by atoms with Crippen LogP contribution in [0.15, 0.2) is 174 Å². The standard InChI is InChI=1S/C45H31N2O/c1-3-13-29(14-4-1)32-19-11-23-41-44(32)36-18-8-10-22-40(36)47(41)42-24-12-20-35-34-26-25-31(27-43(34)48-45(35)42)39-28-37(30-15-5-2-6-16-30)33-17-7-9-21-38(33)46-39/h1-27,38-39H,28H2/q-1. The van der Waals surface area contributed by atoms with Gasteiger partial charge in [0.2, 0.25) is 0 Å². The van der Waals surface area contributed by atoms with Crippen molar-refractivity contribution in [1.29, 1.82) is 0 Å². The van der Waals surface area contributed by atoms with Gasteiger partial charge in [-0.3, -0.25) is 0 Å². The van der Waals surface area contributed by atoms with Crippen molar-refractivity contribution in [3.8, 4) is 16.8 Å². The van der Waals surface area contributed by atoms with E-state index in [1.54, 1.807) is 0 Å². The number of allylic oxidation sites excluding steroid dienone is 2. The van der Waals surface area contributed by atoms with Gasteiger partial charge in [0.25, 0.3) is 0 Å². The van der Waals surface area contributed by atoms with Gasteiger partial charge in [0.15, 0.2) is 5.58 Å². The van der Waals surface area contributed by atoms with Crippen LogP contribution < -0.4 is 0 Å². The summed E-state index contributed by atoms with van der Waals surface area (Å²) in [7, 11) is 0. The zero-order valence-corrected chi connectivity index (χ0v) is 26.3. The number of aromatic nitrogens is 1. The van der Waals surface area contributed by atoms with Crippen LogP contribution in [0.25, 0.3) is 71.4 Å². The van der Waals surface area contributed by atoms with Crippen molar-refractivity contribution >= 4 is 49.3 Å². The molecule has 0 radical (unpaired) electrons. The quantitative estimate of drug-likeness (QED) is 0.194. The Labute approximate surface area is 278 Å². The molecule has 0 fully saturated rings. The van der Waals surface area contributed by atoms with Gasteiger partial charge in [-0.05, 0) is 52.9 Å². The van der Waals surface area contributed by atoms with Crippen LogP contribution in [0.3, 0.4) is 0 Å². The van der Waals surface area contributed by atoms with Gasteiger partial charge < -0.3 is 14.3 Å². The maximum atomic E-state index is 6.87. The fourth-order valence-corrected chi connectivity index (χ4v) is 7.95. The maximum absolute atomic E-state index is 6.87. The molecule has 0 saturated carbocycles. The monoisotopic (exact) mass is 615 g/mol. The van der Waals surface area contributed by atoms with Gasteiger partial charge >= 0.3 is 0 Å². The zero-order valence-electron chi connectivity index (χ0n) is 26.3. The first kappa shape index (κ1) is 27.2. The topological polar surface area (TPSA) is 32.2 Å². The molecule has 3 heteroatoms. The van der Waals surface area contributed by atoms with Gasteiger partial charge in [-0.1, -0.05) is 157 Å². The minimum Gasteiger partial charge on any atom is -0.646 e. The molecule has 0 bridgehead atoms. The summed E-state index contributed by atoms with van der Waals surface area (Å²) >= 11 is 0. The summed E-state index contributed by atoms with van der Waals surface area (Å²) in [4.78, 5) is 0. The number of hydrogen-bond acceptors (Lipinski definition) is 1. The number of benzene rings is 6. The molecule has 10 rings (SSSR count). The third-order valence-electron chi connectivity index (χ3n) is 10.1. The van der Waals surface area contributed by atoms with Crippen LogP contribution in [0.4, 0.5) is 0 Å². The van der Waals surface area contributed by atoms with Gasteiger partial charge in [0, 0.05) is 21.5 Å². The van der Waals surface area contributed by atoms with E-state index in [1.807, 2.05) is 0 Å². The van der Waals surface area contributed by atoms with Gasteiger partial charge in [0.1, 0.15) is 5.58 Å². The molecule has 2 unspecified atom stereocenters. The second kappa shape index (κ2) is 10.8. The molecule has 2 atom stereocenters. The third kappa shape index (κ3) is 4.18. The van der Waals surface area contributed by atoms with E-state index in [4.69, 9.17) is 9.73 Å². The number of hydrogen-bond donors (Lipinski definition) is 0. The van der Waals surface area contributed by atoms with E-state index < -0.39 is 0 Å². The van der Waals surface area contributed by atoms with Crippen molar-refractivity contribution in [1.82, 2.24) is 4.57 Å². The summed E-state index contributed by atoms with van der Waals surface area (Å²) in [5.74, 6) is 0. The summed E-state index contributed by atoms with van der Waals surface area (Å²) in [5, 5.41) is 10.1. The van der Waals surface area contributed by atoms with E-state index in [-0.39, 0.29) is 12.1 Å². The van der Waals surface area contributed by atoms with Crippen molar-refractivity contribution in [3.63, 3.8) is 0 Å². The molecule has 0 amide bonds. The lowest BCUT2D eigenvalue weighted by Gasteiger charge is -2.46. The first-order valence-corrected chi connectivity index (χ1v) is 16.7. The van der Waals surface area contributed by atoms with Crippen LogP contribution >= 0.6 is 0 Å². The second-order valence-corrected chi connectivity index (χ2v) is 12.8. The van der Waals surface area contributed by atoms with Crippen LogP contribution in [0.5, 0.6) is 0 Å². The van der Waals surface area contributed by atoms with Crippen molar-refractivity contribution in [2.24, 2.45) is 0 Å². The minimum atomic E-state index is 0.0379. The molecular formula is C45H31N2O-. The largest absolute Gasteiger partial charge is 0.646 e. The Morgan fingerprint density at radius 1 is 0.625 bits per heavy atom. The predicted molar refractivity (Wildman–Crippen MR) is 200 cm³/mol. The average Bonchev–Trinajstić information content (AvgIpc) is 3.71. The van der Waals surface area contributed by atoms with Crippen LogP contribution in [-0.2, 0) is 0 Å². The van der Waals surface area contributed by atoms with Gasteiger partial charge in [0.05, 0.1) is 16.7 Å². The van der Waals surface area contributed by atoms with Gasteiger partial charge in [-0.2, -0.15) is 0 Å². The average molecular weight is 616 g/mol. The van der Waals surface area contributed by atoms with Gasteiger partial charge in [-0.15, -0.1) is 6.04 Å². The fraction of sp³-hybridized carbons (Fsp3) is 0.0667. The van der Waals surface area contributed by atoms with Crippen LogP contribution in [0.2, 0.25) is 0 Å². The van der Waals surface area contributed by atoms with E-state index in [0.717, 1.165) is 45.1 Å². The first-order valence-electron chi connectivity index (χ1n) is 16.7. The van der Waals surface area contributed by atoms with E-state index >= 15 is 0 Å². The molecule has 3 nitrogen and oxygen atoms in total. The van der Waals surface area contributed by atoms with E-state index in [0.29, 0.717) is 0 Å². The van der Waals surface area contributed by atoms with Crippen molar-refractivity contribution in [2.45, 2.75) is 18.5 Å². The summed E-state index contributed by atoms with van der Waals surface area (Å²) in [5.41, 5.74) is 12.7. The maximum Gasteiger partial charge on any atom is 0.159 e. The van der Waals surface area contributed by atoms with Gasteiger partial charge in [-0.25, -0.2) is 0 Å². The van der Waals surface area contributed by atoms with Crippen LogP contribution in [0, 0.1) is 0 Å². The third-order valence-corrected chi connectivity index (χ3v) is 10.1. The highest BCUT2D eigenvalue weighted by atomic mass is 16.3. The Morgan fingerprint density at radius 3 is 2.25 bits per heavy atom. The molecule has 6 aromatic carbocycles. The highest BCUT2D eigenvalue weighted by Crippen LogP contribution is 2.47. The molecular weight excluding hydrogens is 585 g/mol. The predicted octanol–water partition coefficient (Wildman–Crippen LogP) is 12.1. The SMILES string of the molecule is C1=CC2=C(c3ccccc3)CC(c3ccc4c(c3)oc3c(-n5c6ccccc6c6c(-c7ccccc7)cccc65)cccc34)[N-]C2C=C1. The molecule has 2 aromatic heterocycles. The highest BCUT2D eigenvalue weighted by molar-refractivity contribution is 6.17. The Balaban J connectivity index is 1.13. The Bertz CT molecular complexity index is 2620. The van der Waals surface area contributed by atoms with E-state index in [2.05, 4.69) is 168 Å². The summed E-state index contributed by atoms with van der Waals surface area (Å²) in [6.07, 6.45) is 9.54. The lowest BCUT2D eigenvalue weighted by molar-refractivity contribution is 0.663. The van der Waals surface area contributed by atoms with Crippen LogP contribution in [-0.4, -0.2) is 10.6 Å². The molecule has 2 aliphatic rings. The molecule has 3 heterocycles. The summed E-state index contributed by atoms with van der Waals surface area (Å²) in [6.45, 7) is 0. The van der Waals surface area contributed by atoms with E-state index in [9.17, 15) is 0 Å². The second-order valence-electron chi connectivity index (χ2n) is 12.8. The Hall–Kier alpha value is -5.90. The molecule has 8 aromatic rings. The Kier molecular flexibility index (Phi) is 6.15. The lowest BCUT2D eigenvalue weighted by Crippen LogP contribution is -2.19. The van der Waals surface area contributed by atoms with Crippen LogP contribution in [0.1, 0.15) is 23.6 Å². The molecule has 0 spiro atoms. The molecule has 48 heavy (non-hydrogen) atoms. The highest BCUT2D eigenvalue weighted by Gasteiger charge is 2.23. The normalized spacial score (nSPS) is 17.6.